The summed E-state index contributed by atoms with van der Waals surface area (Å²) in [5.74, 6) is 1.25. The van der Waals surface area contributed by atoms with Gasteiger partial charge in [-0.25, -0.2) is 0 Å². The van der Waals surface area contributed by atoms with E-state index >= 15 is 0 Å². The molecule has 0 unspecified atom stereocenters. The summed E-state index contributed by atoms with van der Waals surface area (Å²) >= 11 is 6.76. The number of amides is 1. The van der Waals surface area contributed by atoms with Gasteiger partial charge in [-0.05, 0) is 36.0 Å². The molecule has 0 atom stereocenters. The number of carbonyl (C=O) groups excluding carboxylic acids is 1. The predicted octanol–water partition coefficient (Wildman–Crippen LogP) is 2.83. The first-order valence-electron chi connectivity index (χ1n) is 6.53. The maximum atomic E-state index is 11.9. The Bertz CT molecular complexity index is 613. The number of nitrogens with zero attached hydrogens (tertiary/aromatic N) is 2. The van der Waals surface area contributed by atoms with Crippen molar-refractivity contribution < 1.29 is 4.79 Å². The highest BCUT2D eigenvalue weighted by molar-refractivity contribution is 7.71. The molecule has 5 nitrogen and oxygen atoms in total. The quantitative estimate of drug-likeness (QED) is 0.807. The van der Waals surface area contributed by atoms with Crippen LogP contribution in [0.1, 0.15) is 20.3 Å². The molecule has 0 aliphatic heterocycles. The van der Waals surface area contributed by atoms with E-state index in [9.17, 15) is 4.79 Å². The van der Waals surface area contributed by atoms with Crippen LogP contribution in [0.3, 0.4) is 0 Å². The number of hydrogen-bond acceptors (Lipinski definition) is 4. The number of hydrogen-bond donors (Lipinski definition) is 2. The van der Waals surface area contributed by atoms with Crippen molar-refractivity contribution in [2.75, 3.05) is 6.54 Å². The first kappa shape index (κ1) is 14.9. The number of carbonyl (C=O) groups is 1. The molecule has 0 fully saturated rings. The SMILES string of the molecule is CC(C)CCNC(=O)Cn1c(-c2cccs2)n[nH]c1=S. The van der Waals surface area contributed by atoms with E-state index in [1.807, 2.05) is 17.5 Å². The Balaban J connectivity index is 2.04. The molecule has 0 aliphatic carbocycles. The zero-order valence-corrected chi connectivity index (χ0v) is 13.2. The van der Waals surface area contributed by atoms with Crippen LogP contribution in [0.5, 0.6) is 0 Å². The van der Waals surface area contributed by atoms with E-state index in [1.165, 1.54) is 0 Å². The van der Waals surface area contributed by atoms with Gasteiger partial charge in [0.15, 0.2) is 10.6 Å². The van der Waals surface area contributed by atoms with E-state index in [0.29, 0.717) is 23.1 Å². The molecule has 0 bridgehead atoms. The molecule has 0 spiro atoms. The number of rotatable bonds is 6. The summed E-state index contributed by atoms with van der Waals surface area (Å²) in [6.45, 7) is 5.15. The van der Waals surface area contributed by atoms with Crippen molar-refractivity contribution in [2.45, 2.75) is 26.8 Å². The summed E-state index contributed by atoms with van der Waals surface area (Å²) in [5, 5.41) is 11.8. The van der Waals surface area contributed by atoms with Gasteiger partial charge in [-0.3, -0.25) is 14.5 Å². The van der Waals surface area contributed by atoms with E-state index in [-0.39, 0.29) is 12.5 Å². The summed E-state index contributed by atoms with van der Waals surface area (Å²) in [5.41, 5.74) is 0. The molecule has 2 N–H and O–H groups in total. The highest BCUT2D eigenvalue weighted by Crippen LogP contribution is 2.22. The minimum Gasteiger partial charge on any atom is -0.355 e. The zero-order valence-electron chi connectivity index (χ0n) is 11.5. The van der Waals surface area contributed by atoms with Gasteiger partial charge in [-0.1, -0.05) is 19.9 Å². The lowest BCUT2D eigenvalue weighted by atomic mass is 10.1. The molecular weight excluding hydrogens is 292 g/mol. The first-order chi connectivity index (χ1) is 9.58. The number of aromatic amines is 1. The number of nitrogens with one attached hydrogen (secondary N) is 2. The second-order valence-electron chi connectivity index (χ2n) is 4.95. The second kappa shape index (κ2) is 6.81. The molecule has 2 rings (SSSR count). The normalized spacial score (nSPS) is 10.9. The van der Waals surface area contributed by atoms with Gasteiger partial charge in [0, 0.05) is 6.54 Å². The van der Waals surface area contributed by atoms with Crippen LogP contribution in [-0.4, -0.2) is 27.2 Å². The topological polar surface area (TPSA) is 62.7 Å². The fraction of sp³-hybridized carbons (Fsp3) is 0.462. The molecule has 0 radical (unpaired) electrons. The Labute approximate surface area is 127 Å². The smallest absolute Gasteiger partial charge is 0.240 e. The number of thiophene rings is 1. The minimum atomic E-state index is -0.0408. The monoisotopic (exact) mass is 310 g/mol. The molecule has 0 saturated carbocycles. The van der Waals surface area contributed by atoms with Crippen molar-refractivity contribution in [1.29, 1.82) is 0 Å². The molecule has 2 aromatic rings. The molecule has 2 aromatic heterocycles. The van der Waals surface area contributed by atoms with Crippen LogP contribution >= 0.6 is 23.6 Å². The van der Waals surface area contributed by atoms with Crippen molar-refractivity contribution in [2.24, 2.45) is 5.92 Å². The standard InChI is InChI=1S/C13H18N4OS2/c1-9(2)5-6-14-11(18)8-17-12(15-16-13(17)19)10-4-3-7-20-10/h3-4,7,9H,5-6,8H2,1-2H3,(H,14,18)(H,16,19). The van der Waals surface area contributed by atoms with E-state index < -0.39 is 0 Å². The molecule has 2 heterocycles. The third-order valence-corrected chi connectivity index (χ3v) is 4.02. The lowest BCUT2D eigenvalue weighted by molar-refractivity contribution is -0.121. The summed E-state index contributed by atoms with van der Waals surface area (Å²) < 4.78 is 2.19. The largest absolute Gasteiger partial charge is 0.355 e. The van der Waals surface area contributed by atoms with Crippen LogP contribution in [0.4, 0.5) is 0 Å². The van der Waals surface area contributed by atoms with Gasteiger partial charge >= 0.3 is 0 Å². The molecule has 20 heavy (non-hydrogen) atoms. The van der Waals surface area contributed by atoms with Gasteiger partial charge < -0.3 is 5.32 Å². The fourth-order valence-corrected chi connectivity index (χ4v) is 2.68. The third kappa shape index (κ3) is 3.77. The fourth-order valence-electron chi connectivity index (χ4n) is 1.76. The maximum absolute atomic E-state index is 11.9. The Hall–Kier alpha value is -1.47. The summed E-state index contributed by atoms with van der Waals surface area (Å²) in [6.07, 6.45) is 0.973. The van der Waals surface area contributed by atoms with Gasteiger partial charge in [0.05, 0.1) is 4.88 Å². The maximum Gasteiger partial charge on any atom is 0.240 e. The Kier molecular flexibility index (Phi) is 5.08. The van der Waals surface area contributed by atoms with Crippen molar-refractivity contribution in [3.63, 3.8) is 0 Å². The molecule has 108 valence electrons. The van der Waals surface area contributed by atoms with E-state index in [4.69, 9.17) is 12.2 Å². The van der Waals surface area contributed by atoms with Crippen LogP contribution < -0.4 is 5.32 Å². The van der Waals surface area contributed by atoms with Crippen molar-refractivity contribution in [1.82, 2.24) is 20.1 Å². The Morgan fingerprint density at radius 2 is 2.40 bits per heavy atom. The second-order valence-corrected chi connectivity index (χ2v) is 6.28. The van der Waals surface area contributed by atoms with Crippen molar-refractivity contribution >= 4 is 29.5 Å². The van der Waals surface area contributed by atoms with Crippen molar-refractivity contribution in [3.8, 4) is 10.7 Å². The summed E-state index contributed by atoms with van der Waals surface area (Å²) in [6, 6.07) is 3.91. The van der Waals surface area contributed by atoms with Gasteiger partial charge in [0.1, 0.15) is 6.54 Å². The molecule has 7 heteroatoms. The third-order valence-electron chi connectivity index (χ3n) is 2.85. The number of aromatic nitrogens is 3. The average molecular weight is 310 g/mol. The van der Waals surface area contributed by atoms with Gasteiger partial charge in [-0.2, -0.15) is 5.10 Å². The van der Waals surface area contributed by atoms with Crippen molar-refractivity contribution in [3.05, 3.63) is 22.3 Å². The van der Waals surface area contributed by atoms with E-state index in [2.05, 4.69) is 29.4 Å². The van der Waals surface area contributed by atoms with Crippen LogP contribution in [0, 0.1) is 10.7 Å². The molecule has 0 aliphatic rings. The molecule has 1 amide bonds. The van der Waals surface area contributed by atoms with Crippen LogP contribution in [0.15, 0.2) is 17.5 Å². The lowest BCUT2D eigenvalue weighted by Gasteiger charge is -2.08. The zero-order chi connectivity index (χ0) is 14.5. The average Bonchev–Trinajstić information content (AvgIpc) is 3.00. The predicted molar refractivity (Wildman–Crippen MR) is 83.2 cm³/mol. The summed E-state index contributed by atoms with van der Waals surface area (Å²) in [4.78, 5) is 12.9. The molecule has 0 aromatic carbocycles. The Morgan fingerprint density at radius 3 is 3.05 bits per heavy atom. The van der Waals surface area contributed by atoms with Gasteiger partial charge in [0.2, 0.25) is 5.91 Å². The molecule has 0 saturated heterocycles. The van der Waals surface area contributed by atoms with Gasteiger partial charge in [-0.15, -0.1) is 11.3 Å². The highest BCUT2D eigenvalue weighted by Gasteiger charge is 2.12. The highest BCUT2D eigenvalue weighted by atomic mass is 32.1. The summed E-state index contributed by atoms with van der Waals surface area (Å²) in [7, 11) is 0. The van der Waals surface area contributed by atoms with E-state index in [1.54, 1.807) is 15.9 Å². The van der Waals surface area contributed by atoms with Crippen LogP contribution in [0.25, 0.3) is 10.7 Å². The van der Waals surface area contributed by atoms with Gasteiger partial charge in [0.25, 0.3) is 0 Å². The minimum absolute atomic E-state index is 0.0408. The molecular formula is C13H18N4OS2. The van der Waals surface area contributed by atoms with Crippen LogP contribution in [0.2, 0.25) is 0 Å². The number of H-pyrrole nitrogens is 1. The van der Waals surface area contributed by atoms with Crippen LogP contribution in [-0.2, 0) is 11.3 Å². The lowest BCUT2D eigenvalue weighted by Crippen LogP contribution is -2.29. The first-order valence-corrected chi connectivity index (χ1v) is 7.82. The Morgan fingerprint density at radius 1 is 1.60 bits per heavy atom. The van der Waals surface area contributed by atoms with E-state index in [0.717, 1.165) is 11.3 Å².